The molecule has 18 nitrogen and oxygen atoms in total. The minimum Gasteiger partial charge on any atom is -0.480 e. The molecule has 0 unspecified atom stereocenters. The number of aliphatic carboxylic acids is 1. The number of anilines is 6. The van der Waals surface area contributed by atoms with Crippen molar-refractivity contribution >= 4 is 99.0 Å². The van der Waals surface area contributed by atoms with Crippen LogP contribution in [0.4, 0.5) is 39.8 Å². The molecule has 8 aromatic rings. The van der Waals surface area contributed by atoms with Gasteiger partial charge in [0.2, 0.25) is 17.9 Å². The van der Waals surface area contributed by atoms with Crippen LogP contribution >= 0.6 is 35.3 Å². The molecular weight excluding hydrogens is 1280 g/mol. The zero-order valence-electron chi connectivity index (χ0n) is 59.6. The highest BCUT2D eigenvalue weighted by Crippen LogP contribution is 2.39. The molecular formula is C77H101N13O5S3. The molecule has 3 heterocycles. The number of hydrogen-bond donors (Lipinski definition) is 4. The summed E-state index contributed by atoms with van der Waals surface area (Å²) >= 11 is 4.87. The van der Waals surface area contributed by atoms with Gasteiger partial charge in [-0.3, -0.25) is 14.4 Å². The van der Waals surface area contributed by atoms with Gasteiger partial charge in [-0.05, 0) is 126 Å². The molecule has 0 saturated heterocycles. The average molecular weight is 1380 g/mol. The third-order valence-electron chi connectivity index (χ3n) is 14.1. The Hall–Kier alpha value is -8.62. The number of hydrogen-bond acceptors (Lipinski definition) is 18. The maximum absolute atomic E-state index is 12.9. The molecule has 0 aliphatic rings. The van der Waals surface area contributed by atoms with Crippen LogP contribution < -0.4 is 31.1 Å². The predicted molar refractivity (Wildman–Crippen MR) is 408 cm³/mol. The highest BCUT2D eigenvalue weighted by atomic mass is 32.2. The molecule has 0 aliphatic heterocycles. The molecule has 98 heavy (non-hydrogen) atoms. The summed E-state index contributed by atoms with van der Waals surface area (Å²) < 4.78 is -0.986. The first-order chi connectivity index (χ1) is 46.8. The Kier molecular flexibility index (Phi) is 34.5. The van der Waals surface area contributed by atoms with Crippen LogP contribution in [0.5, 0.6) is 0 Å². The molecule has 5 aromatic carbocycles. The van der Waals surface area contributed by atoms with E-state index in [1.807, 2.05) is 36.0 Å². The summed E-state index contributed by atoms with van der Waals surface area (Å²) in [6.07, 6.45) is 15.5. The van der Waals surface area contributed by atoms with Crippen molar-refractivity contribution in [1.29, 1.82) is 0 Å². The number of nitrogens with one attached hydrogen (secondary N) is 2. The number of amides is 2. The van der Waals surface area contributed by atoms with Gasteiger partial charge in [0.1, 0.15) is 29.4 Å². The van der Waals surface area contributed by atoms with Crippen LogP contribution in [-0.2, 0) is 43.5 Å². The lowest BCUT2D eigenvalue weighted by Crippen LogP contribution is -2.32. The molecule has 522 valence electrons. The summed E-state index contributed by atoms with van der Waals surface area (Å²) in [5.41, 5.74) is 16.5. The van der Waals surface area contributed by atoms with Gasteiger partial charge >= 0.3 is 5.97 Å². The number of nitrogens with two attached hydrogens (primary N) is 1. The maximum Gasteiger partial charge on any atom is 0.319 e. The van der Waals surface area contributed by atoms with Gasteiger partial charge < -0.3 is 36.2 Å². The molecule has 0 atom stereocenters. The van der Waals surface area contributed by atoms with Gasteiger partial charge in [-0.2, -0.15) is 4.99 Å². The van der Waals surface area contributed by atoms with Crippen LogP contribution in [0, 0.1) is 35.5 Å². The van der Waals surface area contributed by atoms with E-state index in [-0.39, 0.29) is 24.7 Å². The van der Waals surface area contributed by atoms with Crippen molar-refractivity contribution in [1.82, 2.24) is 29.9 Å². The van der Waals surface area contributed by atoms with Crippen LogP contribution in [0.15, 0.2) is 191 Å². The van der Waals surface area contributed by atoms with E-state index in [0.717, 1.165) is 94.4 Å². The molecule has 0 spiro atoms. The topological polar surface area (TPSA) is 238 Å². The van der Waals surface area contributed by atoms with Crippen molar-refractivity contribution in [2.45, 2.75) is 141 Å². The quantitative estimate of drug-likeness (QED) is 0.0137. The number of nitrogens with zero attached hydrogens (tertiary/aromatic N) is 10. The number of benzene rings is 5. The fourth-order valence-corrected chi connectivity index (χ4v) is 12.9. The standard InChI is InChI=1S/C27H34N4OS.C24H34N4O3S.C21H30N2S.C5H3N3O/c1-20(2)16-31(17-21(3)4)26-11-10-24(33-18-22-8-6-5-7-9-22)13-25(26)30-27(32)12-23-14-28-19-29-15-23;1-16(2)13-28(14-17(3)4)21-8-7-19(32-24(5,6)23(30)31)10-20(21)27-22(29)9-18-11-25-15-26-12-18;1-16(2)13-23(14-17(3)4)21-11-10-19(12-20(21)22)24-15-18-8-6-5-7-9-18;9-4-8-5-1-6-3-7-2-5/h5-11,13-15,19-21H,12,16-18H2,1-4H3,(H,30,32);7-8,10-12,15-17H,9,13-14H2,1-6H3,(H,27,29)(H,30,31);5-12,16-17H,13-15,22H2,1-4H3;1-3H. The fraction of sp³-hybridized carbons (Fsp3) is 0.403. The molecule has 5 N–H and O–H groups in total. The van der Waals surface area contributed by atoms with E-state index in [4.69, 9.17) is 5.73 Å². The van der Waals surface area contributed by atoms with Crippen molar-refractivity contribution in [3.8, 4) is 0 Å². The average Bonchev–Trinajstić information content (AvgIpc) is 0.831. The summed E-state index contributed by atoms with van der Waals surface area (Å²) in [6, 6.07) is 39.7. The number of carboxylic acid groups (broad SMARTS) is 1. The molecule has 0 fully saturated rings. The van der Waals surface area contributed by atoms with Crippen molar-refractivity contribution in [3.05, 3.63) is 194 Å². The summed E-state index contributed by atoms with van der Waals surface area (Å²) in [5.74, 6) is 3.89. The predicted octanol–water partition coefficient (Wildman–Crippen LogP) is 16.9. The number of rotatable bonds is 31. The van der Waals surface area contributed by atoms with Gasteiger partial charge in [0.25, 0.3) is 0 Å². The van der Waals surface area contributed by atoms with E-state index < -0.39 is 10.7 Å². The Bertz CT molecular complexity index is 3670. The van der Waals surface area contributed by atoms with Gasteiger partial charge in [0.05, 0.1) is 59.4 Å². The maximum atomic E-state index is 12.9. The van der Waals surface area contributed by atoms with Gasteiger partial charge in [-0.1, -0.05) is 144 Å². The van der Waals surface area contributed by atoms with E-state index in [1.54, 1.807) is 50.4 Å². The Balaban J connectivity index is 0.000000251. The van der Waals surface area contributed by atoms with Crippen LogP contribution in [0.1, 0.15) is 119 Å². The Labute approximate surface area is 594 Å². The Morgan fingerprint density at radius 3 is 1.17 bits per heavy atom. The van der Waals surface area contributed by atoms with Gasteiger partial charge in [-0.15, -0.1) is 35.3 Å². The second-order valence-electron chi connectivity index (χ2n) is 26.9. The largest absolute Gasteiger partial charge is 0.480 e. The smallest absolute Gasteiger partial charge is 0.319 e. The van der Waals surface area contributed by atoms with E-state index in [9.17, 15) is 24.3 Å². The van der Waals surface area contributed by atoms with Crippen LogP contribution in [-0.4, -0.2) is 103 Å². The number of aliphatic imine (C=N–C) groups is 1. The highest BCUT2D eigenvalue weighted by molar-refractivity contribution is 8.01. The van der Waals surface area contributed by atoms with E-state index >= 15 is 0 Å². The second-order valence-corrected chi connectivity index (χ2v) is 30.7. The summed E-state index contributed by atoms with van der Waals surface area (Å²) in [4.78, 5) is 83.7. The first kappa shape index (κ1) is 80.1. The lowest BCUT2D eigenvalue weighted by atomic mass is 10.1. The zero-order valence-corrected chi connectivity index (χ0v) is 62.0. The first-order valence-corrected chi connectivity index (χ1v) is 36.1. The van der Waals surface area contributed by atoms with E-state index in [2.05, 4.69) is 234 Å². The second kappa shape index (κ2) is 42.2. The van der Waals surface area contributed by atoms with Crippen molar-refractivity contribution in [2.24, 2.45) is 40.5 Å². The normalized spacial score (nSPS) is 11.0. The van der Waals surface area contributed by atoms with Gasteiger partial charge in [0.15, 0.2) is 0 Å². The molecule has 2 amide bonds. The van der Waals surface area contributed by atoms with Gasteiger partial charge in [-0.25, -0.2) is 34.7 Å². The van der Waals surface area contributed by atoms with E-state index in [1.165, 1.54) is 70.9 Å². The third kappa shape index (κ3) is 30.4. The number of nitrogen functional groups attached to an aromatic ring is 1. The fourth-order valence-electron chi connectivity index (χ4n) is 10.1. The van der Waals surface area contributed by atoms with Crippen LogP contribution in [0.2, 0.25) is 0 Å². The van der Waals surface area contributed by atoms with Crippen molar-refractivity contribution in [3.63, 3.8) is 0 Å². The van der Waals surface area contributed by atoms with E-state index in [0.29, 0.717) is 46.9 Å². The first-order valence-electron chi connectivity index (χ1n) is 33.4. The molecule has 0 saturated carbocycles. The molecule has 21 heteroatoms. The molecule has 3 aromatic heterocycles. The lowest BCUT2D eigenvalue weighted by molar-refractivity contribution is -0.138. The van der Waals surface area contributed by atoms with Crippen molar-refractivity contribution < 1.29 is 24.3 Å². The number of carbonyl (C=O) groups excluding carboxylic acids is 3. The minimum absolute atomic E-state index is 0.0645. The number of carboxylic acids is 1. The monoisotopic (exact) mass is 1380 g/mol. The SMILES string of the molecule is CC(C)CN(CC(C)C)c1ccc(SC(C)(C)C(=O)O)cc1NC(=O)Cc1cncnc1.CC(C)CN(CC(C)C)c1ccc(SCc2ccccc2)cc1N.CC(C)CN(CC(C)C)c1ccc(SCc2ccccc2)cc1NC(=O)Cc1cncnc1.O=C=Nc1cncnc1. The third-order valence-corrected chi connectivity index (χ3v) is 17.4. The highest BCUT2D eigenvalue weighted by Gasteiger charge is 2.29. The minimum atomic E-state index is -0.986. The van der Waals surface area contributed by atoms with Gasteiger partial charge in [0, 0.05) is 90.2 Å². The Morgan fingerprint density at radius 1 is 0.480 bits per heavy atom. The summed E-state index contributed by atoms with van der Waals surface area (Å²) in [6.45, 7) is 35.6. The summed E-state index contributed by atoms with van der Waals surface area (Å²) in [7, 11) is 0. The van der Waals surface area contributed by atoms with Crippen molar-refractivity contribution in [2.75, 3.05) is 70.3 Å². The summed E-state index contributed by atoms with van der Waals surface area (Å²) in [5, 5.41) is 15.7. The number of isocyanates is 1. The number of thioether (sulfide) groups is 3. The number of carbonyl (C=O) groups is 3. The molecule has 0 bridgehead atoms. The molecule has 0 radical (unpaired) electrons. The lowest BCUT2D eigenvalue weighted by Gasteiger charge is -2.31. The number of aromatic nitrogens is 6. The zero-order chi connectivity index (χ0) is 71.6. The Morgan fingerprint density at radius 2 is 0.816 bits per heavy atom. The van der Waals surface area contributed by atoms with Crippen LogP contribution in [0.25, 0.3) is 0 Å². The molecule has 0 aliphatic carbocycles. The van der Waals surface area contributed by atoms with Crippen LogP contribution in [0.3, 0.4) is 0 Å². The molecule has 8 rings (SSSR count).